The number of aromatic nitrogens is 3. The molecule has 3 aromatic rings. The van der Waals surface area contributed by atoms with Gasteiger partial charge < -0.3 is 25.3 Å². The van der Waals surface area contributed by atoms with Gasteiger partial charge in [0.2, 0.25) is 0 Å². The van der Waals surface area contributed by atoms with Gasteiger partial charge in [-0.1, -0.05) is 29.8 Å². The van der Waals surface area contributed by atoms with Gasteiger partial charge in [0.05, 0.1) is 37.3 Å². The zero-order chi connectivity index (χ0) is 26.2. The van der Waals surface area contributed by atoms with Crippen molar-refractivity contribution in [2.24, 2.45) is 5.73 Å². The molecule has 0 spiro atoms. The Kier molecular flexibility index (Phi) is 7.00. The van der Waals surface area contributed by atoms with Crippen LogP contribution in [0.1, 0.15) is 59.7 Å². The number of fused-ring (bicyclic) bond motifs is 1. The van der Waals surface area contributed by atoms with Crippen LogP contribution in [0.5, 0.6) is 5.75 Å². The van der Waals surface area contributed by atoms with Crippen molar-refractivity contribution < 1.29 is 22.7 Å². The van der Waals surface area contributed by atoms with Crippen LogP contribution in [0.15, 0.2) is 42.5 Å². The second kappa shape index (κ2) is 10.2. The number of likely N-dealkylation sites (tertiary alicyclic amines) is 1. The van der Waals surface area contributed by atoms with Crippen molar-refractivity contribution in [2.75, 3.05) is 13.2 Å². The summed E-state index contributed by atoms with van der Waals surface area (Å²) in [6.07, 6.45) is -2.53. The first-order valence-electron chi connectivity index (χ1n) is 12.0. The van der Waals surface area contributed by atoms with Gasteiger partial charge in [0, 0.05) is 23.6 Å². The summed E-state index contributed by atoms with van der Waals surface area (Å²) in [5.74, 6) is 1.39. The third-order valence-corrected chi connectivity index (χ3v) is 7.03. The monoisotopic (exact) mass is 534 g/mol. The topological polar surface area (TPSA) is 98.3 Å². The molecule has 8 nitrogen and oxygen atoms in total. The van der Waals surface area contributed by atoms with Gasteiger partial charge in [-0.2, -0.15) is 13.2 Å². The Balaban J connectivity index is 1.36. The van der Waals surface area contributed by atoms with Crippen LogP contribution in [0.25, 0.3) is 0 Å². The van der Waals surface area contributed by atoms with E-state index in [0.29, 0.717) is 48.2 Å². The normalized spacial score (nSPS) is 19.4. The van der Waals surface area contributed by atoms with Crippen LogP contribution in [0, 0.1) is 0 Å². The van der Waals surface area contributed by atoms with E-state index in [1.807, 2.05) is 28.8 Å². The van der Waals surface area contributed by atoms with Crippen LogP contribution < -0.4 is 15.8 Å². The fourth-order valence-corrected chi connectivity index (χ4v) is 5.04. The second-order valence-electron chi connectivity index (χ2n) is 9.13. The Morgan fingerprint density at radius 1 is 1.16 bits per heavy atom. The number of nitrogens with two attached hydrogens (primary N) is 1. The largest absolute Gasteiger partial charge is 0.493 e. The quantitative estimate of drug-likeness (QED) is 0.489. The van der Waals surface area contributed by atoms with Gasteiger partial charge >= 0.3 is 12.2 Å². The molecule has 3 N–H and O–H groups in total. The molecule has 0 saturated carbocycles. The Labute approximate surface area is 216 Å². The molecule has 2 aliphatic rings. The van der Waals surface area contributed by atoms with Crippen molar-refractivity contribution >= 4 is 17.6 Å². The highest BCUT2D eigenvalue weighted by Crippen LogP contribution is 2.39. The molecule has 37 heavy (non-hydrogen) atoms. The van der Waals surface area contributed by atoms with Crippen LogP contribution >= 0.6 is 11.6 Å². The summed E-state index contributed by atoms with van der Waals surface area (Å²) < 4.78 is 46.8. The van der Waals surface area contributed by atoms with Crippen LogP contribution in [-0.2, 0) is 19.3 Å². The molecule has 3 heterocycles. The van der Waals surface area contributed by atoms with E-state index >= 15 is 0 Å². The number of nitrogens with one attached hydrogen (secondary N) is 1. The molecule has 1 saturated heterocycles. The molecule has 0 unspecified atom stereocenters. The van der Waals surface area contributed by atoms with Crippen molar-refractivity contribution in [2.45, 2.75) is 50.6 Å². The van der Waals surface area contributed by atoms with Crippen molar-refractivity contribution in [3.05, 3.63) is 75.8 Å². The third-order valence-electron chi connectivity index (χ3n) is 6.78. The molecule has 0 bridgehead atoms. The minimum Gasteiger partial charge on any atom is -0.493 e. The van der Waals surface area contributed by atoms with E-state index < -0.39 is 17.8 Å². The average molecular weight is 535 g/mol. The molecule has 12 heteroatoms. The summed E-state index contributed by atoms with van der Waals surface area (Å²) in [7, 11) is 0. The zero-order valence-electron chi connectivity index (χ0n) is 19.8. The molecule has 1 aromatic heterocycles. The minimum atomic E-state index is -4.47. The molecule has 196 valence electrons. The molecule has 0 aliphatic carbocycles. The van der Waals surface area contributed by atoms with Crippen molar-refractivity contribution in [1.29, 1.82) is 0 Å². The molecule has 2 aromatic carbocycles. The van der Waals surface area contributed by atoms with E-state index in [1.54, 1.807) is 4.90 Å². The summed E-state index contributed by atoms with van der Waals surface area (Å²) in [6, 6.07) is 9.73. The minimum absolute atomic E-state index is 0.139. The standard InChI is InChI=1S/C25H26ClF3N6O2/c26-17-6-3-15(4-7-17)14-35-22(13-30)32-33-23(35)20-2-1-10-34(20)24(36)31-19-9-11-37-21-12-16(25(27,28)29)5-8-18(19)21/h3-8,12,19-20H,1-2,9-11,13-14,30H2,(H,31,36)/t19-,20+/m0/s1. The van der Waals surface area contributed by atoms with Gasteiger partial charge in [-0.15, -0.1) is 10.2 Å². The van der Waals surface area contributed by atoms with Crippen LogP contribution in [0.2, 0.25) is 5.02 Å². The van der Waals surface area contributed by atoms with Crippen molar-refractivity contribution in [3.63, 3.8) is 0 Å². The second-order valence-corrected chi connectivity index (χ2v) is 9.57. The predicted octanol–water partition coefficient (Wildman–Crippen LogP) is 4.83. The fraction of sp³-hybridized carbons (Fsp3) is 0.400. The maximum atomic E-state index is 13.4. The Morgan fingerprint density at radius 2 is 1.95 bits per heavy atom. The average Bonchev–Trinajstić information content (AvgIpc) is 3.51. The lowest BCUT2D eigenvalue weighted by molar-refractivity contribution is -0.137. The lowest BCUT2D eigenvalue weighted by atomic mass is 9.98. The summed E-state index contributed by atoms with van der Waals surface area (Å²) in [6.45, 7) is 1.40. The highest BCUT2D eigenvalue weighted by Gasteiger charge is 2.37. The van der Waals surface area contributed by atoms with E-state index in [9.17, 15) is 18.0 Å². The van der Waals surface area contributed by atoms with Gasteiger partial charge in [-0.25, -0.2) is 4.79 Å². The first-order valence-corrected chi connectivity index (χ1v) is 12.4. The highest BCUT2D eigenvalue weighted by atomic mass is 35.5. The number of carbonyl (C=O) groups is 1. The Morgan fingerprint density at radius 3 is 2.68 bits per heavy atom. The van der Waals surface area contributed by atoms with E-state index in [1.165, 1.54) is 6.07 Å². The lowest BCUT2D eigenvalue weighted by Crippen LogP contribution is -2.43. The third kappa shape index (κ3) is 5.24. The fourth-order valence-electron chi connectivity index (χ4n) is 4.92. The molecular weight excluding hydrogens is 509 g/mol. The number of benzene rings is 2. The first-order chi connectivity index (χ1) is 17.7. The molecule has 2 atom stereocenters. The SMILES string of the molecule is NCc1nnc([C@H]2CCCN2C(=O)N[C@H]2CCOc3cc(C(F)(F)F)ccc32)n1Cc1ccc(Cl)cc1. The number of amides is 2. The van der Waals surface area contributed by atoms with Gasteiger partial charge in [-0.05, 0) is 42.7 Å². The number of rotatable bonds is 5. The maximum absolute atomic E-state index is 13.4. The molecular formula is C25H26ClF3N6O2. The van der Waals surface area contributed by atoms with Crippen LogP contribution in [0.4, 0.5) is 18.0 Å². The highest BCUT2D eigenvalue weighted by molar-refractivity contribution is 6.30. The Hall–Kier alpha value is -3.31. The van der Waals surface area contributed by atoms with Gasteiger partial charge in [0.1, 0.15) is 11.6 Å². The number of carbonyl (C=O) groups excluding carboxylic acids is 1. The van der Waals surface area contributed by atoms with Crippen LogP contribution in [-0.4, -0.2) is 38.8 Å². The number of halogens is 4. The zero-order valence-corrected chi connectivity index (χ0v) is 20.6. The van der Waals surface area contributed by atoms with E-state index in [4.69, 9.17) is 22.1 Å². The van der Waals surface area contributed by atoms with E-state index in [0.717, 1.165) is 24.1 Å². The smallest absolute Gasteiger partial charge is 0.416 e. The number of hydrogen-bond acceptors (Lipinski definition) is 5. The summed E-state index contributed by atoms with van der Waals surface area (Å²) in [4.78, 5) is 15.1. The predicted molar refractivity (Wildman–Crippen MR) is 130 cm³/mol. The van der Waals surface area contributed by atoms with Gasteiger partial charge in [0.25, 0.3) is 0 Å². The van der Waals surface area contributed by atoms with Crippen LogP contribution in [0.3, 0.4) is 0 Å². The number of nitrogens with zero attached hydrogens (tertiary/aromatic N) is 4. The van der Waals surface area contributed by atoms with E-state index in [-0.39, 0.29) is 31.0 Å². The van der Waals surface area contributed by atoms with Crippen molar-refractivity contribution in [3.8, 4) is 5.75 Å². The number of urea groups is 1. The van der Waals surface area contributed by atoms with Gasteiger partial charge in [-0.3, -0.25) is 0 Å². The molecule has 2 aliphatic heterocycles. The Bertz CT molecular complexity index is 1280. The molecule has 5 rings (SSSR count). The van der Waals surface area contributed by atoms with Crippen molar-refractivity contribution in [1.82, 2.24) is 25.0 Å². The summed E-state index contributed by atoms with van der Waals surface area (Å²) in [5, 5.41) is 12.3. The molecule has 1 fully saturated rings. The van der Waals surface area contributed by atoms with E-state index in [2.05, 4.69) is 15.5 Å². The maximum Gasteiger partial charge on any atom is 0.416 e. The number of alkyl halides is 3. The number of ether oxygens (including phenoxy) is 1. The summed E-state index contributed by atoms with van der Waals surface area (Å²) in [5.41, 5.74) is 6.66. The number of hydrogen-bond donors (Lipinski definition) is 2. The molecule has 2 amide bonds. The lowest BCUT2D eigenvalue weighted by Gasteiger charge is -2.31. The molecule has 0 radical (unpaired) electrons. The summed E-state index contributed by atoms with van der Waals surface area (Å²) >= 11 is 6.02. The van der Waals surface area contributed by atoms with Gasteiger partial charge in [0.15, 0.2) is 5.82 Å². The first kappa shape index (κ1) is 25.3.